The molecule has 0 aliphatic heterocycles. The summed E-state index contributed by atoms with van der Waals surface area (Å²) >= 11 is 0. The lowest BCUT2D eigenvalue weighted by Crippen LogP contribution is -2.53. The summed E-state index contributed by atoms with van der Waals surface area (Å²) < 4.78 is 29.7. The van der Waals surface area contributed by atoms with E-state index < -0.39 is 28.5 Å². The maximum atomic E-state index is 14.7. The predicted molar refractivity (Wildman–Crippen MR) is 185 cm³/mol. The first-order chi connectivity index (χ1) is 22.0. The summed E-state index contributed by atoms with van der Waals surface area (Å²) in [5, 5.41) is 3.04. The highest BCUT2D eigenvalue weighted by molar-refractivity contribution is 7.92. The van der Waals surface area contributed by atoms with Crippen molar-refractivity contribution >= 4 is 27.5 Å². The van der Waals surface area contributed by atoms with Crippen molar-refractivity contribution in [2.75, 3.05) is 17.4 Å². The number of amides is 2. The van der Waals surface area contributed by atoms with Gasteiger partial charge in [0.25, 0.3) is 10.0 Å². The highest BCUT2D eigenvalue weighted by atomic mass is 32.2. The van der Waals surface area contributed by atoms with E-state index in [1.165, 1.54) is 4.31 Å². The van der Waals surface area contributed by atoms with Gasteiger partial charge in [-0.2, -0.15) is 0 Å². The van der Waals surface area contributed by atoms with Gasteiger partial charge in [0, 0.05) is 19.5 Å². The van der Waals surface area contributed by atoms with Crippen molar-refractivity contribution in [3.8, 4) is 0 Å². The Kier molecular flexibility index (Phi) is 11.8. The molecule has 7 nitrogen and oxygen atoms in total. The Morgan fingerprint density at radius 1 is 0.783 bits per heavy atom. The normalized spacial score (nSPS) is 11.9. The molecule has 0 aromatic heterocycles. The predicted octanol–water partition coefficient (Wildman–Crippen LogP) is 6.67. The van der Waals surface area contributed by atoms with E-state index in [-0.39, 0.29) is 23.8 Å². The molecule has 0 spiro atoms. The van der Waals surface area contributed by atoms with Crippen LogP contribution in [0.25, 0.3) is 0 Å². The van der Waals surface area contributed by atoms with E-state index in [0.29, 0.717) is 12.2 Å². The number of carbonyl (C=O) groups excluding carboxylic acids is 2. The van der Waals surface area contributed by atoms with Gasteiger partial charge in [-0.1, -0.05) is 91.7 Å². The van der Waals surface area contributed by atoms with Crippen LogP contribution in [0.4, 0.5) is 5.69 Å². The highest BCUT2D eigenvalue weighted by Gasteiger charge is 2.35. The monoisotopic (exact) mass is 639 g/mol. The molecule has 0 unspecified atom stereocenters. The van der Waals surface area contributed by atoms with Gasteiger partial charge in [0.15, 0.2) is 0 Å². The van der Waals surface area contributed by atoms with Crippen molar-refractivity contribution in [3.05, 3.63) is 130 Å². The van der Waals surface area contributed by atoms with Gasteiger partial charge in [-0.3, -0.25) is 13.9 Å². The van der Waals surface area contributed by atoms with E-state index >= 15 is 0 Å². The maximum absolute atomic E-state index is 14.7. The number of nitrogens with one attached hydrogen (secondary N) is 1. The molecular formula is C38H45N3O4S. The lowest BCUT2D eigenvalue weighted by molar-refractivity contribution is -0.140. The zero-order valence-corrected chi connectivity index (χ0v) is 28.3. The van der Waals surface area contributed by atoms with Crippen molar-refractivity contribution in [2.45, 2.75) is 71.4 Å². The largest absolute Gasteiger partial charge is 0.354 e. The van der Waals surface area contributed by atoms with Gasteiger partial charge in [-0.25, -0.2) is 8.42 Å². The Labute approximate surface area is 274 Å². The van der Waals surface area contributed by atoms with Crippen LogP contribution < -0.4 is 9.62 Å². The third kappa shape index (κ3) is 8.85. The van der Waals surface area contributed by atoms with Crippen LogP contribution >= 0.6 is 0 Å². The highest BCUT2D eigenvalue weighted by Crippen LogP contribution is 2.27. The van der Waals surface area contributed by atoms with Crippen LogP contribution in [0, 0.1) is 27.7 Å². The molecule has 1 atom stereocenters. The fourth-order valence-electron chi connectivity index (χ4n) is 5.49. The van der Waals surface area contributed by atoms with Crippen molar-refractivity contribution in [2.24, 2.45) is 0 Å². The van der Waals surface area contributed by atoms with E-state index in [0.717, 1.165) is 46.2 Å². The van der Waals surface area contributed by atoms with Crippen LogP contribution in [0.1, 0.15) is 53.1 Å². The van der Waals surface area contributed by atoms with E-state index in [1.54, 1.807) is 41.3 Å². The maximum Gasteiger partial charge on any atom is 0.264 e. The Hall–Kier alpha value is -4.43. The van der Waals surface area contributed by atoms with Gasteiger partial charge < -0.3 is 10.2 Å². The second-order valence-corrected chi connectivity index (χ2v) is 13.8. The molecule has 4 aromatic rings. The van der Waals surface area contributed by atoms with Crippen LogP contribution in [0.5, 0.6) is 0 Å². The third-order valence-corrected chi connectivity index (χ3v) is 9.87. The minimum absolute atomic E-state index is 0.0913. The first-order valence-corrected chi connectivity index (χ1v) is 17.3. The molecule has 4 rings (SSSR count). The zero-order valence-electron chi connectivity index (χ0n) is 27.5. The quantitative estimate of drug-likeness (QED) is 0.156. The first kappa shape index (κ1) is 34.4. The third-order valence-electron chi connectivity index (χ3n) is 8.08. The fourth-order valence-corrected chi connectivity index (χ4v) is 6.89. The van der Waals surface area contributed by atoms with Crippen LogP contribution in [0.2, 0.25) is 0 Å². The van der Waals surface area contributed by atoms with Crippen LogP contribution in [0.15, 0.2) is 102 Å². The number of aryl methyl sites for hydroxylation is 4. The number of nitrogens with zero attached hydrogens (tertiary/aromatic N) is 2. The Bertz CT molecular complexity index is 1720. The van der Waals surface area contributed by atoms with Gasteiger partial charge in [-0.05, 0) is 86.2 Å². The van der Waals surface area contributed by atoms with Crippen molar-refractivity contribution < 1.29 is 18.0 Å². The number of carbonyl (C=O) groups is 2. The molecule has 46 heavy (non-hydrogen) atoms. The molecule has 1 N–H and O–H groups in total. The average molecular weight is 640 g/mol. The molecule has 0 aliphatic carbocycles. The number of rotatable bonds is 14. The fraction of sp³-hybridized carbons (Fsp3) is 0.316. The second-order valence-electron chi connectivity index (χ2n) is 12.0. The number of unbranched alkanes of at least 4 members (excludes halogenated alkanes) is 1. The number of hydrogen-bond donors (Lipinski definition) is 1. The number of sulfonamides is 1. The summed E-state index contributed by atoms with van der Waals surface area (Å²) in [5.74, 6) is -0.733. The summed E-state index contributed by atoms with van der Waals surface area (Å²) in [7, 11) is -4.15. The zero-order chi connectivity index (χ0) is 33.3. The summed E-state index contributed by atoms with van der Waals surface area (Å²) in [6.45, 7) is 9.87. The van der Waals surface area contributed by atoms with E-state index in [9.17, 15) is 18.0 Å². The molecule has 0 fully saturated rings. The number of anilines is 1. The molecular weight excluding hydrogens is 595 g/mol. The molecule has 242 valence electrons. The lowest BCUT2D eigenvalue weighted by atomic mass is 10.0. The molecule has 0 bridgehead atoms. The molecule has 2 amide bonds. The van der Waals surface area contributed by atoms with E-state index in [2.05, 4.69) is 12.2 Å². The van der Waals surface area contributed by atoms with Crippen molar-refractivity contribution in [1.82, 2.24) is 10.2 Å². The average Bonchev–Trinajstić information content (AvgIpc) is 3.02. The number of hydrogen-bond acceptors (Lipinski definition) is 4. The van der Waals surface area contributed by atoms with Gasteiger partial charge in [0.2, 0.25) is 11.8 Å². The second kappa shape index (κ2) is 15.7. The molecule has 0 heterocycles. The van der Waals surface area contributed by atoms with E-state index in [4.69, 9.17) is 0 Å². The SMILES string of the molecule is CCCCNC(=O)[C@H](Cc1ccccc1)N(Cc1ccccc1C)C(=O)CN(c1cc(C)cc(C)c1)S(=O)(=O)c1ccc(C)cc1. The van der Waals surface area contributed by atoms with Gasteiger partial charge in [-0.15, -0.1) is 0 Å². The molecule has 4 aromatic carbocycles. The first-order valence-electron chi connectivity index (χ1n) is 15.8. The Morgan fingerprint density at radius 2 is 1.41 bits per heavy atom. The Balaban J connectivity index is 1.82. The lowest BCUT2D eigenvalue weighted by Gasteiger charge is -2.34. The summed E-state index contributed by atoms with van der Waals surface area (Å²) in [5.41, 5.74) is 5.84. The van der Waals surface area contributed by atoms with E-state index in [1.807, 2.05) is 88.4 Å². The van der Waals surface area contributed by atoms with Crippen LogP contribution in [-0.2, 0) is 32.6 Å². The molecule has 0 aliphatic rings. The number of benzene rings is 4. The smallest absolute Gasteiger partial charge is 0.264 e. The topological polar surface area (TPSA) is 86.8 Å². The van der Waals surface area contributed by atoms with Gasteiger partial charge in [0.1, 0.15) is 12.6 Å². The minimum Gasteiger partial charge on any atom is -0.354 e. The standard InChI is InChI=1S/C38H45N3O4S/c1-6-7-21-39-38(43)36(25-32-14-9-8-10-15-32)40(26-33-16-12-11-13-31(33)5)37(42)27-41(34-23-29(3)22-30(4)24-34)46(44,45)35-19-17-28(2)18-20-35/h8-20,22-24,36H,6-7,21,25-27H2,1-5H3,(H,39,43)/t36-/m0/s1. The minimum atomic E-state index is -4.15. The van der Waals surface area contributed by atoms with Gasteiger partial charge in [0.05, 0.1) is 10.6 Å². The summed E-state index contributed by atoms with van der Waals surface area (Å²) in [6, 6.07) is 28.6. The summed E-state index contributed by atoms with van der Waals surface area (Å²) in [6.07, 6.45) is 2.01. The molecule has 0 saturated heterocycles. The molecule has 8 heteroatoms. The van der Waals surface area contributed by atoms with Crippen molar-refractivity contribution in [1.29, 1.82) is 0 Å². The molecule has 0 radical (unpaired) electrons. The Morgan fingerprint density at radius 3 is 2.04 bits per heavy atom. The van der Waals surface area contributed by atoms with Gasteiger partial charge >= 0.3 is 0 Å². The molecule has 0 saturated carbocycles. The van der Waals surface area contributed by atoms with Crippen LogP contribution in [-0.4, -0.2) is 44.3 Å². The summed E-state index contributed by atoms with van der Waals surface area (Å²) in [4.78, 5) is 30.2. The van der Waals surface area contributed by atoms with Crippen molar-refractivity contribution in [3.63, 3.8) is 0 Å². The van der Waals surface area contributed by atoms with Crippen LogP contribution in [0.3, 0.4) is 0 Å².